The van der Waals surface area contributed by atoms with Crippen molar-refractivity contribution in [2.24, 2.45) is 7.05 Å². The molecule has 23 heavy (non-hydrogen) atoms. The first kappa shape index (κ1) is 17.3. The van der Waals surface area contributed by atoms with Gasteiger partial charge in [-0.2, -0.15) is 0 Å². The Morgan fingerprint density at radius 3 is 2.70 bits per heavy atom. The Kier molecular flexibility index (Phi) is 5.28. The Balaban J connectivity index is 2.16. The molecule has 8 heteroatoms. The Bertz CT molecular complexity index is 808. The van der Waals surface area contributed by atoms with Gasteiger partial charge in [-0.1, -0.05) is 23.2 Å². The summed E-state index contributed by atoms with van der Waals surface area (Å²) in [5.41, 5.74) is 0.0395. The molecule has 122 valence electrons. The first-order valence-corrected chi connectivity index (χ1v) is 7.43. The highest BCUT2D eigenvalue weighted by Crippen LogP contribution is 2.32. The second-order valence-corrected chi connectivity index (χ2v) is 5.70. The molecular formula is C15H14Cl2FN3O2. The first-order valence-electron chi connectivity index (χ1n) is 6.67. The van der Waals surface area contributed by atoms with Crippen LogP contribution in [-0.2, 0) is 7.05 Å². The molecule has 1 atom stereocenters. The third-order valence-corrected chi connectivity index (χ3v) is 3.95. The van der Waals surface area contributed by atoms with E-state index in [0.717, 1.165) is 6.07 Å². The van der Waals surface area contributed by atoms with Crippen LogP contribution < -0.4 is 16.2 Å². The smallest absolute Gasteiger partial charge is 0.319 e. The molecule has 0 fully saturated rings. The number of carbonyl (C=O) groups is 1. The molecule has 2 amide bonds. The van der Waals surface area contributed by atoms with Gasteiger partial charge >= 0.3 is 6.03 Å². The minimum Gasteiger partial charge on any atom is -0.331 e. The van der Waals surface area contributed by atoms with Gasteiger partial charge in [-0.05, 0) is 31.2 Å². The number of urea groups is 1. The third-order valence-electron chi connectivity index (χ3n) is 3.23. The Morgan fingerprint density at radius 1 is 1.30 bits per heavy atom. The van der Waals surface area contributed by atoms with Crippen LogP contribution in [-0.4, -0.2) is 10.6 Å². The molecule has 0 aliphatic rings. The second-order valence-electron chi connectivity index (χ2n) is 4.91. The van der Waals surface area contributed by atoms with Crippen molar-refractivity contribution in [1.82, 2.24) is 9.88 Å². The average molecular weight is 358 g/mol. The van der Waals surface area contributed by atoms with Gasteiger partial charge in [0.1, 0.15) is 11.5 Å². The van der Waals surface area contributed by atoms with Crippen LogP contribution in [0.2, 0.25) is 10.0 Å². The monoisotopic (exact) mass is 357 g/mol. The van der Waals surface area contributed by atoms with Gasteiger partial charge in [0, 0.05) is 23.8 Å². The van der Waals surface area contributed by atoms with Crippen LogP contribution in [0.4, 0.5) is 14.9 Å². The summed E-state index contributed by atoms with van der Waals surface area (Å²) in [6, 6.07) is 4.33. The van der Waals surface area contributed by atoms with Crippen LogP contribution in [0.3, 0.4) is 0 Å². The van der Waals surface area contributed by atoms with E-state index in [1.54, 1.807) is 26.2 Å². The molecule has 2 aromatic rings. The van der Waals surface area contributed by atoms with E-state index in [1.165, 1.54) is 16.7 Å². The highest BCUT2D eigenvalue weighted by atomic mass is 35.5. The molecule has 5 nitrogen and oxygen atoms in total. The van der Waals surface area contributed by atoms with Crippen LogP contribution in [0.1, 0.15) is 18.5 Å². The molecule has 1 aromatic carbocycles. The second kappa shape index (κ2) is 7.02. The number of halogens is 3. The van der Waals surface area contributed by atoms with E-state index in [9.17, 15) is 14.0 Å². The highest BCUT2D eigenvalue weighted by Gasteiger charge is 2.19. The van der Waals surface area contributed by atoms with Gasteiger partial charge < -0.3 is 15.2 Å². The summed E-state index contributed by atoms with van der Waals surface area (Å²) in [4.78, 5) is 23.9. The van der Waals surface area contributed by atoms with Gasteiger partial charge in [0.15, 0.2) is 0 Å². The molecule has 0 saturated heterocycles. The Hall–Kier alpha value is -2.05. The number of pyridine rings is 1. The molecule has 0 aliphatic carbocycles. The minimum atomic E-state index is -0.654. The van der Waals surface area contributed by atoms with Gasteiger partial charge in [0.05, 0.1) is 11.1 Å². The molecule has 0 radical (unpaired) electrons. The minimum absolute atomic E-state index is 0.121. The predicted molar refractivity (Wildman–Crippen MR) is 88.7 cm³/mol. The molecule has 0 unspecified atom stereocenters. The number of anilines is 1. The molecule has 0 saturated carbocycles. The summed E-state index contributed by atoms with van der Waals surface area (Å²) in [6.45, 7) is 1.61. The summed E-state index contributed by atoms with van der Waals surface area (Å²) in [7, 11) is 1.57. The van der Waals surface area contributed by atoms with E-state index >= 15 is 0 Å². The molecular weight excluding hydrogens is 344 g/mol. The van der Waals surface area contributed by atoms with Crippen molar-refractivity contribution >= 4 is 34.9 Å². The largest absolute Gasteiger partial charge is 0.331 e. The summed E-state index contributed by atoms with van der Waals surface area (Å²) < 4.78 is 14.9. The number of amides is 2. The number of nitrogens with one attached hydrogen (secondary N) is 2. The molecule has 1 heterocycles. The Morgan fingerprint density at radius 2 is 2.00 bits per heavy atom. The maximum atomic E-state index is 13.5. The zero-order chi connectivity index (χ0) is 17.1. The number of hydrogen-bond donors (Lipinski definition) is 2. The third kappa shape index (κ3) is 3.83. The fourth-order valence-corrected chi connectivity index (χ4v) is 2.76. The van der Waals surface area contributed by atoms with Gasteiger partial charge in [-0.15, -0.1) is 0 Å². The lowest BCUT2D eigenvalue weighted by molar-refractivity contribution is 0.249. The van der Waals surface area contributed by atoms with E-state index in [2.05, 4.69) is 10.6 Å². The normalized spacial score (nSPS) is 11.9. The summed E-state index contributed by atoms with van der Waals surface area (Å²) >= 11 is 11.9. The SMILES string of the molecule is C[C@@H](NC(=O)Nc1cccn(C)c1=O)c1c(Cl)ccc(F)c1Cl. The number of carbonyl (C=O) groups excluding carboxylic acids is 1. The number of rotatable bonds is 3. The zero-order valence-corrected chi connectivity index (χ0v) is 13.9. The first-order chi connectivity index (χ1) is 10.8. The number of benzene rings is 1. The van der Waals surface area contributed by atoms with Crippen LogP contribution in [0.5, 0.6) is 0 Å². The van der Waals surface area contributed by atoms with Crippen LogP contribution >= 0.6 is 23.2 Å². The summed E-state index contributed by atoms with van der Waals surface area (Å²) in [5.74, 6) is -0.628. The van der Waals surface area contributed by atoms with Crippen LogP contribution in [0, 0.1) is 5.82 Å². The van der Waals surface area contributed by atoms with Crippen molar-refractivity contribution in [1.29, 1.82) is 0 Å². The number of aryl methyl sites for hydroxylation is 1. The van der Waals surface area contributed by atoms with Crippen molar-refractivity contribution in [2.75, 3.05) is 5.32 Å². The van der Waals surface area contributed by atoms with Gasteiger partial charge in [-0.25, -0.2) is 9.18 Å². The van der Waals surface area contributed by atoms with Crippen LogP contribution in [0.15, 0.2) is 35.3 Å². The van der Waals surface area contributed by atoms with Crippen molar-refractivity contribution < 1.29 is 9.18 Å². The zero-order valence-electron chi connectivity index (χ0n) is 12.4. The lowest BCUT2D eigenvalue weighted by Crippen LogP contribution is -2.34. The van der Waals surface area contributed by atoms with Crippen molar-refractivity contribution in [3.63, 3.8) is 0 Å². The van der Waals surface area contributed by atoms with Gasteiger partial charge in [0.25, 0.3) is 5.56 Å². The molecule has 2 rings (SSSR count). The van der Waals surface area contributed by atoms with Crippen molar-refractivity contribution in [2.45, 2.75) is 13.0 Å². The average Bonchev–Trinajstić information content (AvgIpc) is 2.48. The summed E-state index contributed by atoms with van der Waals surface area (Å²) in [6.07, 6.45) is 1.57. The van der Waals surface area contributed by atoms with Crippen molar-refractivity contribution in [3.05, 3.63) is 62.2 Å². The number of nitrogens with zero attached hydrogens (tertiary/aromatic N) is 1. The predicted octanol–water partition coefficient (Wildman–Crippen LogP) is 3.71. The van der Waals surface area contributed by atoms with Gasteiger partial charge in [-0.3, -0.25) is 4.79 Å². The van der Waals surface area contributed by atoms with E-state index in [-0.39, 0.29) is 26.9 Å². The Labute approximate surface area is 142 Å². The van der Waals surface area contributed by atoms with E-state index < -0.39 is 17.9 Å². The maximum Gasteiger partial charge on any atom is 0.319 e. The quantitative estimate of drug-likeness (QED) is 0.822. The lowest BCUT2D eigenvalue weighted by atomic mass is 10.1. The van der Waals surface area contributed by atoms with E-state index in [4.69, 9.17) is 23.2 Å². The molecule has 0 bridgehead atoms. The fourth-order valence-electron chi connectivity index (χ4n) is 2.06. The molecule has 0 spiro atoms. The fraction of sp³-hybridized carbons (Fsp3) is 0.200. The van der Waals surface area contributed by atoms with Crippen LogP contribution in [0.25, 0.3) is 0 Å². The highest BCUT2D eigenvalue weighted by molar-refractivity contribution is 6.36. The van der Waals surface area contributed by atoms with E-state index in [1.807, 2.05) is 0 Å². The number of aromatic nitrogens is 1. The standard InChI is InChI=1S/C15H14Cl2FN3O2/c1-8(12-9(16)5-6-10(18)13(12)17)19-15(23)20-11-4-3-7-21(2)14(11)22/h3-8H,1-2H3,(H2,19,20,23)/t8-/m1/s1. The molecule has 1 aromatic heterocycles. The molecule has 2 N–H and O–H groups in total. The number of hydrogen-bond acceptors (Lipinski definition) is 2. The van der Waals surface area contributed by atoms with E-state index in [0.29, 0.717) is 0 Å². The van der Waals surface area contributed by atoms with Crippen molar-refractivity contribution in [3.8, 4) is 0 Å². The summed E-state index contributed by atoms with van der Waals surface area (Å²) in [5, 5.41) is 5.09. The maximum absolute atomic E-state index is 13.5. The van der Waals surface area contributed by atoms with Gasteiger partial charge in [0.2, 0.25) is 0 Å². The lowest BCUT2D eigenvalue weighted by Gasteiger charge is -2.18. The topological polar surface area (TPSA) is 63.1 Å². The molecule has 0 aliphatic heterocycles.